The molecule has 0 spiro atoms. The van der Waals surface area contributed by atoms with Gasteiger partial charge in [0.15, 0.2) is 0 Å². The standard InChI is InChI=1S/2Na.H2O5S2.H2O3S2.5H2O.H2S.2H/c;;1-6(2)7(3,4)5;1-5(2,3)4;;;;;;;;/h;;(H,1,2)(H,3,4,5);(H2,1,2,3,4);6*1H2;;. The quantitative estimate of drug-likeness (QED) is 0.101. The number of rotatable bonds is 1. The first-order chi connectivity index (χ1) is 4.94. The van der Waals surface area contributed by atoms with E-state index in [0.717, 1.165) is 0 Å². The van der Waals surface area contributed by atoms with Crippen LogP contribution in [-0.4, -0.2) is 121 Å². The fourth-order valence-corrected chi connectivity index (χ4v) is 0. The van der Waals surface area contributed by atoms with Crippen molar-refractivity contribution >= 4 is 113 Å². The summed E-state index contributed by atoms with van der Waals surface area (Å²) in [5, 5.41) is 0. The zero-order valence-electron chi connectivity index (χ0n) is 8.05. The van der Waals surface area contributed by atoms with Gasteiger partial charge in [-0.2, -0.15) is 30.3 Å². The van der Waals surface area contributed by atoms with Gasteiger partial charge in [-0.15, -0.1) is 0 Å². The average Bonchev–Trinajstić information content (AvgIpc) is 1.55. The topological polar surface area (TPSA) is 304 Å². The van der Waals surface area contributed by atoms with E-state index in [9.17, 15) is 12.6 Å². The van der Waals surface area contributed by atoms with Crippen molar-refractivity contribution in [2.24, 2.45) is 0 Å². The van der Waals surface area contributed by atoms with Crippen LogP contribution in [0.15, 0.2) is 0 Å². The van der Waals surface area contributed by atoms with Crippen molar-refractivity contribution in [2.75, 3.05) is 0 Å². The van der Waals surface area contributed by atoms with Crippen LogP contribution in [-0.2, 0) is 28.4 Å². The van der Waals surface area contributed by atoms with E-state index in [0.29, 0.717) is 0 Å². The van der Waals surface area contributed by atoms with E-state index in [2.05, 4.69) is 11.7 Å². The Hall–Kier alpha value is 2.43. The molecule has 0 saturated carbocycles. The van der Waals surface area contributed by atoms with E-state index in [1.807, 2.05) is 0 Å². The summed E-state index contributed by atoms with van der Waals surface area (Å²) in [4.78, 5) is 0. The van der Waals surface area contributed by atoms with Crippen LogP contribution in [0.2, 0.25) is 0 Å². The molecule has 0 aromatic heterocycles. The van der Waals surface area contributed by atoms with Crippen molar-refractivity contribution in [3.63, 3.8) is 0 Å². The summed E-state index contributed by atoms with van der Waals surface area (Å²) in [6.07, 6.45) is 0. The second-order valence-corrected chi connectivity index (χ2v) is 6.78. The molecule has 0 rings (SSSR count). The van der Waals surface area contributed by atoms with Gasteiger partial charge in [0.25, 0.3) is 0 Å². The molecule has 1 unspecified atom stereocenters. The molecular formula is H18Na2O13S5. The summed E-state index contributed by atoms with van der Waals surface area (Å²) in [5.41, 5.74) is 0. The van der Waals surface area contributed by atoms with E-state index in [4.69, 9.17) is 22.1 Å². The van der Waals surface area contributed by atoms with Gasteiger partial charge in [0.2, 0.25) is 0 Å². The predicted octanol–water partition coefficient (Wildman–Crippen LogP) is -6.58. The fourth-order valence-electron chi connectivity index (χ4n) is 0. The van der Waals surface area contributed by atoms with Gasteiger partial charge in [-0.05, 0) is 11.7 Å². The van der Waals surface area contributed by atoms with Gasteiger partial charge in [-0.25, -0.2) is 4.21 Å². The van der Waals surface area contributed by atoms with E-state index < -0.39 is 28.4 Å². The monoisotopic (exact) mass is 432 g/mol. The fraction of sp³-hybridized carbons (Fsp3) is 0. The minimum absolute atomic E-state index is 0. The Kier molecular flexibility index (Phi) is 98.1. The van der Waals surface area contributed by atoms with E-state index >= 15 is 0 Å². The van der Waals surface area contributed by atoms with Crippen LogP contribution in [0.4, 0.5) is 0 Å². The molecule has 13 nitrogen and oxygen atoms in total. The van der Waals surface area contributed by atoms with Crippen LogP contribution in [0.25, 0.3) is 0 Å². The van der Waals surface area contributed by atoms with Crippen LogP contribution >= 0.6 is 25.2 Å². The molecule has 1 atom stereocenters. The minimum atomic E-state index is -4.71. The van der Waals surface area contributed by atoms with Crippen molar-refractivity contribution in [3.8, 4) is 0 Å². The molecule has 128 valence electrons. The Balaban J connectivity index is -0.00000000910. The van der Waals surface area contributed by atoms with Crippen molar-refractivity contribution in [1.82, 2.24) is 0 Å². The molecule has 0 amide bonds. The first kappa shape index (κ1) is 66.7. The van der Waals surface area contributed by atoms with E-state index in [1.54, 1.807) is 0 Å². The molecule has 0 aromatic carbocycles. The Labute approximate surface area is 172 Å². The van der Waals surface area contributed by atoms with Crippen LogP contribution in [0.1, 0.15) is 0 Å². The molecule has 0 radical (unpaired) electrons. The Morgan fingerprint density at radius 2 is 0.850 bits per heavy atom. The van der Waals surface area contributed by atoms with Gasteiger partial charge >= 0.3 is 87.5 Å². The molecule has 0 heterocycles. The Morgan fingerprint density at radius 3 is 0.850 bits per heavy atom. The maximum absolute atomic E-state index is 9.34. The Morgan fingerprint density at radius 1 is 0.800 bits per heavy atom. The summed E-state index contributed by atoms with van der Waals surface area (Å²) < 4.78 is 68.5. The van der Waals surface area contributed by atoms with Gasteiger partial charge < -0.3 is 27.4 Å². The molecule has 20 heavy (non-hydrogen) atoms. The normalized spacial score (nSPS) is 8.60. The van der Waals surface area contributed by atoms with E-state index in [-0.39, 0.29) is 100.0 Å². The number of hydrogen-bond donors (Lipinski definition) is 4. The summed E-state index contributed by atoms with van der Waals surface area (Å²) in [6.45, 7) is 0. The van der Waals surface area contributed by atoms with Crippen LogP contribution in [0, 0.1) is 0 Å². The van der Waals surface area contributed by atoms with Crippen molar-refractivity contribution in [2.45, 2.75) is 0 Å². The molecule has 0 aliphatic rings. The zero-order valence-corrected chi connectivity index (χ0v) is 12.4. The molecule has 20 heteroatoms. The van der Waals surface area contributed by atoms with Crippen LogP contribution in [0.3, 0.4) is 0 Å². The third kappa shape index (κ3) is 109. The van der Waals surface area contributed by atoms with Gasteiger partial charge in [0.05, 0.1) is 0 Å². The van der Waals surface area contributed by atoms with Gasteiger partial charge in [-0.3, -0.25) is 13.7 Å². The van der Waals surface area contributed by atoms with Crippen LogP contribution < -0.4 is 0 Å². The number of thiol groups is 1. The summed E-state index contributed by atoms with van der Waals surface area (Å²) >= 11 is 2.65. The maximum atomic E-state index is 9.34. The third-order valence-electron chi connectivity index (χ3n) is 0.180. The Bertz CT molecular complexity index is 333. The summed E-state index contributed by atoms with van der Waals surface area (Å²) in [6, 6.07) is 0. The molecule has 0 aliphatic heterocycles. The van der Waals surface area contributed by atoms with Crippen LogP contribution in [0.5, 0.6) is 0 Å². The first-order valence-corrected chi connectivity index (χ1v) is 7.29. The SMILES string of the molecule is O.O.O.O.O.O=S(=O)(O)S.O=S(O)S(=O)(=O)O.S.[NaH].[NaH]. The van der Waals surface area contributed by atoms with Gasteiger partial charge in [0, 0.05) is 0 Å². The molecule has 13 N–H and O–H groups in total. The molecule has 0 saturated heterocycles. The molecule has 0 bridgehead atoms. The van der Waals surface area contributed by atoms with Crippen molar-refractivity contribution < 1.29 is 62.1 Å². The predicted molar refractivity (Wildman–Crippen MR) is 85.6 cm³/mol. The van der Waals surface area contributed by atoms with Gasteiger partial charge in [-0.1, -0.05) is 0 Å². The average molecular weight is 432 g/mol. The van der Waals surface area contributed by atoms with Crippen molar-refractivity contribution in [3.05, 3.63) is 0 Å². The zero-order chi connectivity index (χ0) is 10.6. The van der Waals surface area contributed by atoms with E-state index in [1.165, 1.54) is 0 Å². The van der Waals surface area contributed by atoms with Crippen molar-refractivity contribution in [1.29, 1.82) is 0 Å². The molecule has 0 fully saturated rings. The third-order valence-corrected chi connectivity index (χ3v) is 1.62. The summed E-state index contributed by atoms with van der Waals surface area (Å²) in [5.74, 6) is 0. The molecular weight excluding hydrogens is 414 g/mol. The summed E-state index contributed by atoms with van der Waals surface area (Å²) in [7, 11) is -11.8. The molecule has 0 aromatic rings. The second kappa shape index (κ2) is 29.4. The first-order valence-electron chi connectivity index (χ1n) is 1.73. The van der Waals surface area contributed by atoms with Gasteiger partial charge in [0.1, 0.15) is 0 Å². The second-order valence-electron chi connectivity index (χ2n) is 1.09. The molecule has 0 aliphatic carbocycles. The number of hydrogen-bond acceptors (Lipinski definition) is 5.